The summed E-state index contributed by atoms with van der Waals surface area (Å²) >= 11 is 3.33. The van der Waals surface area contributed by atoms with E-state index < -0.39 is 0 Å². The first-order valence-electron chi connectivity index (χ1n) is 7.78. The Kier molecular flexibility index (Phi) is 5.46. The maximum absolute atomic E-state index is 9.85. The number of nitrogens with one attached hydrogen (secondary N) is 1. The fourth-order valence-electron chi connectivity index (χ4n) is 2.35. The first-order chi connectivity index (χ1) is 12.2. The molecule has 25 heavy (non-hydrogen) atoms. The second kappa shape index (κ2) is 7.94. The van der Waals surface area contributed by atoms with Gasteiger partial charge in [0.25, 0.3) is 0 Å². The van der Waals surface area contributed by atoms with Crippen LogP contribution in [-0.4, -0.2) is 12.2 Å². The number of para-hydroxylation sites is 1. The molecule has 0 amide bonds. The van der Waals surface area contributed by atoms with Crippen LogP contribution >= 0.6 is 15.9 Å². The topological polar surface area (TPSA) is 50.7 Å². The van der Waals surface area contributed by atoms with Gasteiger partial charge in [-0.1, -0.05) is 18.2 Å². The largest absolute Gasteiger partial charge is 0.503 e. The molecule has 0 aliphatic rings. The van der Waals surface area contributed by atoms with Crippen LogP contribution in [0, 0.1) is 0 Å². The SMILES string of the molecule is COc1cc(CNc2ccc(Oc3ccccc3)cc2)cc(Br)c1O. The van der Waals surface area contributed by atoms with E-state index >= 15 is 0 Å². The summed E-state index contributed by atoms with van der Waals surface area (Å²) in [7, 11) is 1.53. The van der Waals surface area contributed by atoms with Crippen molar-refractivity contribution in [1.29, 1.82) is 0 Å². The molecule has 0 bridgehead atoms. The lowest BCUT2D eigenvalue weighted by atomic mass is 10.2. The van der Waals surface area contributed by atoms with Crippen molar-refractivity contribution in [3.8, 4) is 23.0 Å². The summed E-state index contributed by atoms with van der Waals surface area (Å²) in [6.07, 6.45) is 0. The molecule has 0 saturated heterocycles. The second-order valence-corrected chi connectivity index (χ2v) is 6.28. The van der Waals surface area contributed by atoms with Gasteiger partial charge in [0, 0.05) is 12.2 Å². The molecule has 0 aromatic heterocycles. The maximum Gasteiger partial charge on any atom is 0.172 e. The van der Waals surface area contributed by atoms with Gasteiger partial charge in [0.05, 0.1) is 11.6 Å². The minimum absolute atomic E-state index is 0.105. The van der Waals surface area contributed by atoms with Gasteiger partial charge in [-0.25, -0.2) is 0 Å². The predicted molar refractivity (Wildman–Crippen MR) is 103 cm³/mol. The third-order valence-electron chi connectivity index (χ3n) is 3.64. The number of phenolic OH excluding ortho intramolecular Hbond substituents is 1. The van der Waals surface area contributed by atoms with Crippen LogP contribution in [0.2, 0.25) is 0 Å². The highest BCUT2D eigenvalue weighted by molar-refractivity contribution is 9.10. The van der Waals surface area contributed by atoms with E-state index in [-0.39, 0.29) is 5.75 Å². The Morgan fingerprint density at radius 3 is 2.32 bits per heavy atom. The smallest absolute Gasteiger partial charge is 0.172 e. The van der Waals surface area contributed by atoms with E-state index in [0.717, 1.165) is 22.7 Å². The van der Waals surface area contributed by atoms with Gasteiger partial charge in [-0.05, 0) is 70.0 Å². The third-order valence-corrected chi connectivity index (χ3v) is 4.24. The first kappa shape index (κ1) is 17.2. The maximum atomic E-state index is 9.85. The van der Waals surface area contributed by atoms with Crippen LogP contribution in [0.15, 0.2) is 71.2 Å². The Morgan fingerprint density at radius 2 is 1.64 bits per heavy atom. The van der Waals surface area contributed by atoms with Crippen molar-refractivity contribution in [2.45, 2.75) is 6.54 Å². The molecule has 4 nitrogen and oxygen atoms in total. The first-order valence-corrected chi connectivity index (χ1v) is 8.57. The van der Waals surface area contributed by atoms with E-state index in [1.165, 1.54) is 7.11 Å². The molecule has 0 saturated carbocycles. The highest BCUT2D eigenvalue weighted by Gasteiger charge is 2.08. The van der Waals surface area contributed by atoms with Crippen molar-refractivity contribution in [1.82, 2.24) is 0 Å². The molecule has 0 radical (unpaired) electrons. The van der Waals surface area contributed by atoms with Crippen LogP contribution in [0.25, 0.3) is 0 Å². The average Bonchev–Trinajstić information content (AvgIpc) is 2.64. The Morgan fingerprint density at radius 1 is 0.960 bits per heavy atom. The number of hydrogen-bond donors (Lipinski definition) is 2. The van der Waals surface area contributed by atoms with E-state index in [2.05, 4.69) is 21.2 Å². The highest BCUT2D eigenvalue weighted by atomic mass is 79.9. The van der Waals surface area contributed by atoms with E-state index in [9.17, 15) is 5.11 Å². The van der Waals surface area contributed by atoms with Crippen molar-refractivity contribution >= 4 is 21.6 Å². The lowest BCUT2D eigenvalue weighted by Crippen LogP contribution is -2.00. The zero-order chi connectivity index (χ0) is 17.6. The number of methoxy groups -OCH3 is 1. The second-order valence-electron chi connectivity index (χ2n) is 5.42. The van der Waals surface area contributed by atoms with Crippen LogP contribution in [0.5, 0.6) is 23.0 Å². The third kappa shape index (κ3) is 4.45. The number of rotatable bonds is 6. The molecule has 3 aromatic carbocycles. The molecule has 0 unspecified atom stereocenters. The zero-order valence-electron chi connectivity index (χ0n) is 13.7. The van der Waals surface area contributed by atoms with Crippen molar-refractivity contribution in [2.75, 3.05) is 12.4 Å². The lowest BCUT2D eigenvalue weighted by molar-refractivity contribution is 0.371. The van der Waals surface area contributed by atoms with E-state index in [1.807, 2.05) is 60.7 Å². The Bertz CT molecular complexity index is 836. The Labute approximate surface area is 155 Å². The summed E-state index contributed by atoms with van der Waals surface area (Å²) < 4.78 is 11.6. The van der Waals surface area contributed by atoms with Crippen molar-refractivity contribution < 1.29 is 14.6 Å². The van der Waals surface area contributed by atoms with E-state index in [0.29, 0.717) is 16.8 Å². The number of anilines is 1. The van der Waals surface area contributed by atoms with Crippen LogP contribution in [0.3, 0.4) is 0 Å². The number of ether oxygens (including phenoxy) is 2. The zero-order valence-corrected chi connectivity index (χ0v) is 15.3. The molecule has 3 aromatic rings. The predicted octanol–water partition coefficient (Wildman–Crippen LogP) is 5.57. The molecule has 0 aliphatic carbocycles. The summed E-state index contributed by atoms with van der Waals surface area (Å²) in [6.45, 7) is 0.605. The van der Waals surface area contributed by atoms with Crippen LogP contribution in [0.1, 0.15) is 5.56 Å². The molecular weight excluding hydrogens is 382 g/mol. The van der Waals surface area contributed by atoms with Crippen molar-refractivity contribution in [3.63, 3.8) is 0 Å². The summed E-state index contributed by atoms with van der Waals surface area (Å²) in [5.41, 5.74) is 1.97. The van der Waals surface area contributed by atoms with Gasteiger partial charge >= 0.3 is 0 Å². The van der Waals surface area contributed by atoms with Gasteiger partial charge in [-0.3, -0.25) is 0 Å². The van der Waals surface area contributed by atoms with Crippen LogP contribution in [0.4, 0.5) is 5.69 Å². The monoisotopic (exact) mass is 399 g/mol. The van der Waals surface area contributed by atoms with Crippen LogP contribution in [-0.2, 0) is 6.54 Å². The quantitative estimate of drug-likeness (QED) is 0.568. The number of phenols is 1. The van der Waals surface area contributed by atoms with Gasteiger partial charge in [0.15, 0.2) is 11.5 Å². The van der Waals surface area contributed by atoms with Gasteiger partial charge in [0.1, 0.15) is 11.5 Å². The van der Waals surface area contributed by atoms with Crippen molar-refractivity contribution in [3.05, 3.63) is 76.8 Å². The summed E-state index contributed by atoms with van der Waals surface area (Å²) in [5, 5.41) is 13.2. The lowest BCUT2D eigenvalue weighted by Gasteiger charge is -2.11. The fourth-order valence-corrected chi connectivity index (χ4v) is 2.84. The van der Waals surface area contributed by atoms with Gasteiger partial charge in [0.2, 0.25) is 0 Å². The molecule has 0 fully saturated rings. The molecule has 3 rings (SSSR count). The molecular formula is C20H18BrNO3. The number of benzene rings is 3. The van der Waals surface area contributed by atoms with E-state index in [1.54, 1.807) is 6.07 Å². The van der Waals surface area contributed by atoms with Gasteiger partial charge in [-0.2, -0.15) is 0 Å². The molecule has 128 valence electrons. The Hall–Kier alpha value is -2.66. The highest BCUT2D eigenvalue weighted by Crippen LogP contribution is 2.35. The molecule has 0 heterocycles. The minimum Gasteiger partial charge on any atom is -0.503 e. The standard InChI is InChI=1S/C20H18BrNO3/c1-24-19-12-14(11-18(21)20(19)23)13-22-15-7-9-17(10-8-15)25-16-5-3-2-4-6-16/h2-12,22-23H,13H2,1H3. The summed E-state index contributed by atoms with van der Waals surface area (Å²) in [6, 6.07) is 21.1. The molecule has 0 atom stereocenters. The summed E-state index contributed by atoms with van der Waals surface area (Å²) in [4.78, 5) is 0. The molecule has 0 spiro atoms. The number of halogens is 1. The fraction of sp³-hybridized carbons (Fsp3) is 0.100. The van der Waals surface area contributed by atoms with Gasteiger partial charge in [-0.15, -0.1) is 0 Å². The minimum atomic E-state index is 0.105. The van der Waals surface area contributed by atoms with Gasteiger partial charge < -0.3 is 19.9 Å². The Balaban J connectivity index is 1.63. The summed E-state index contributed by atoms with van der Waals surface area (Å²) in [5.74, 6) is 2.14. The molecule has 5 heteroatoms. The van der Waals surface area contributed by atoms with Crippen LogP contribution < -0.4 is 14.8 Å². The number of aromatic hydroxyl groups is 1. The molecule has 2 N–H and O–H groups in total. The van der Waals surface area contributed by atoms with E-state index in [4.69, 9.17) is 9.47 Å². The molecule has 0 aliphatic heterocycles. The van der Waals surface area contributed by atoms with Crippen molar-refractivity contribution in [2.24, 2.45) is 0 Å². The number of hydrogen-bond acceptors (Lipinski definition) is 4. The normalized spacial score (nSPS) is 10.3. The average molecular weight is 400 g/mol.